The molecular formula is C13H14BrF2NO2. The van der Waals surface area contributed by atoms with Crippen molar-refractivity contribution in [2.75, 3.05) is 20.2 Å². The van der Waals surface area contributed by atoms with Gasteiger partial charge in [-0.15, -0.1) is 0 Å². The lowest BCUT2D eigenvalue weighted by atomic mass is 10.1. The number of carbonyl (C=O) groups excluding carboxylic acids is 1. The van der Waals surface area contributed by atoms with Crippen molar-refractivity contribution in [2.45, 2.75) is 13.0 Å². The minimum absolute atomic E-state index is 0.0277. The Hall–Kier alpha value is -1.01. The molecule has 1 saturated heterocycles. The largest absolute Gasteiger partial charge is 0.469 e. The van der Waals surface area contributed by atoms with Crippen LogP contribution in [0.5, 0.6) is 0 Å². The minimum atomic E-state index is -0.582. The molecule has 0 spiro atoms. The van der Waals surface area contributed by atoms with Crippen molar-refractivity contribution >= 4 is 21.9 Å². The predicted octanol–water partition coefficient (Wildman–Crippen LogP) is 2.72. The molecule has 2 rings (SSSR count). The average molecular weight is 334 g/mol. The summed E-state index contributed by atoms with van der Waals surface area (Å²) >= 11 is 3.04. The molecule has 1 aliphatic rings. The van der Waals surface area contributed by atoms with Gasteiger partial charge in [0, 0.05) is 18.7 Å². The number of hydrogen-bond acceptors (Lipinski definition) is 3. The van der Waals surface area contributed by atoms with E-state index in [2.05, 4.69) is 20.7 Å². The number of ether oxygens (including phenoxy) is 1. The highest BCUT2D eigenvalue weighted by atomic mass is 79.9. The Kier molecular flexibility index (Phi) is 4.52. The quantitative estimate of drug-likeness (QED) is 0.629. The maximum Gasteiger partial charge on any atom is 0.310 e. The van der Waals surface area contributed by atoms with Gasteiger partial charge in [-0.2, -0.15) is 0 Å². The molecule has 1 unspecified atom stereocenters. The summed E-state index contributed by atoms with van der Waals surface area (Å²) in [5.41, 5.74) is 0.0277. The first-order valence-electron chi connectivity index (χ1n) is 5.95. The summed E-state index contributed by atoms with van der Waals surface area (Å²) in [6.45, 7) is 1.26. The Labute approximate surface area is 118 Å². The summed E-state index contributed by atoms with van der Waals surface area (Å²) in [7, 11) is 1.35. The zero-order chi connectivity index (χ0) is 14.0. The van der Waals surface area contributed by atoms with Crippen molar-refractivity contribution in [3.8, 4) is 0 Å². The van der Waals surface area contributed by atoms with Gasteiger partial charge < -0.3 is 4.74 Å². The van der Waals surface area contributed by atoms with Crippen LogP contribution >= 0.6 is 15.9 Å². The Morgan fingerprint density at radius 1 is 1.53 bits per heavy atom. The van der Waals surface area contributed by atoms with Gasteiger partial charge in [-0.1, -0.05) is 0 Å². The van der Waals surface area contributed by atoms with Crippen molar-refractivity contribution in [1.82, 2.24) is 4.90 Å². The van der Waals surface area contributed by atoms with Crippen LogP contribution in [0.2, 0.25) is 0 Å². The molecule has 1 fully saturated rings. The van der Waals surface area contributed by atoms with Gasteiger partial charge in [-0.25, -0.2) is 8.78 Å². The van der Waals surface area contributed by atoms with E-state index in [0.717, 1.165) is 0 Å². The van der Waals surface area contributed by atoms with Crippen molar-refractivity contribution in [2.24, 2.45) is 5.92 Å². The second kappa shape index (κ2) is 5.96. The van der Waals surface area contributed by atoms with E-state index in [1.54, 1.807) is 0 Å². The number of hydrogen-bond donors (Lipinski definition) is 0. The molecule has 0 bridgehead atoms. The third-order valence-corrected chi connectivity index (χ3v) is 3.94. The van der Waals surface area contributed by atoms with Crippen molar-refractivity contribution < 1.29 is 18.3 Å². The van der Waals surface area contributed by atoms with Crippen LogP contribution in [0.25, 0.3) is 0 Å². The molecule has 104 valence electrons. The lowest BCUT2D eigenvalue weighted by molar-refractivity contribution is -0.144. The molecule has 0 aliphatic carbocycles. The molecule has 19 heavy (non-hydrogen) atoms. The monoisotopic (exact) mass is 333 g/mol. The van der Waals surface area contributed by atoms with Crippen molar-refractivity contribution in [3.63, 3.8) is 0 Å². The van der Waals surface area contributed by atoms with E-state index < -0.39 is 11.6 Å². The number of methoxy groups -OCH3 is 1. The van der Waals surface area contributed by atoms with Crippen LogP contribution in [-0.4, -0.2) is 31.1 Å². The summed E-state index contributed by atoms with van der Waals surface area (Å²) in [4.78, 5) is 13.3. The van der Waals surface area contributed by atoms with E-state index in [0.29, 0.717) is 19.5 Å². The number of benzene rings is 1. The van der Waals surface area contributed by atoms with Gasteiger partial charge in [-0.3, -0.25) is 9.69 Å². The maximum absolute atomic E-state index is 13.8. The molecule has 1 aromatic carbocycles. The average Bonchev–Trinajstić information content (AvgIpc) is 2.87. The lowest BCUT2D eigenvalue weighted by Gasteiger charge is -2.17. The van der Waals surface area contributed by atoms with E-state index in [9.17, 15) is 13.6 Å². The van der Waals surface area contributed by atoms with E-state index in [-0.39, 0.29) is 28.5 Å². The third-order valence-electron chi connectivity index (χ3n) is 3.33. The van der Waals surface area contributed by atoms with Crippen LogP contribution in [0.3, 0.4) is 0 Å². The van der Waals surface area contributed by atoms with Crippen LogP contribution in [0.15, 0.2) is 16.6 Å². The topological polar surface area (TPSA) is 29.5 Å². The lowest BCUT2D eigenvalue weighted by Crippen LogP contribution is -2.24. The number of halogens is 3. The van der Waals surface area contributed by atoms with Crippen LogP contribution in [-0.2, 0) is 16.1 Å². The summed E-state index contributed by atoms with van der Waals surface area (Å²) < 4.78 is 32.4. The molecule has 0 amide bonds. The highest BCUT2D eigenvalue weighted by molar-refractivity contribution is 9.10. The van der Waals surface area contributed by atoms with Crippen molar-refractivity contribution in [3.05, 3.63) is 33.8 Å². The molecule has 1 atom stereocenters. The summed E-state index contributed by atoms with van der Waals surface area (Å²) in [5.74, 6) is -1.62. The molecule has 0 aromatic heterocycles. The molecule has 0 radical (unpaired) electrons. The zero-order valence-electron chi connectivity index (χ0n) is 10.5. The smallest absolute Gasteiger partial charge is 0.310 e. The first-order chi connectivity index (χ1) is 9.02. The fourth-order valence-corrected chi connectivity index (χ4v) is 2.64. The molecule has 1 aromatic rings. The van der Waals surface area contributed by atoms with Gasteiger partial charge in [0.15, 0.2) is 0 Å². The normalized spacial score (nSPS) is 19.7. The highest BCUT2D eigenvalue weighted by Gasteiger charge is 2.30. The van der Waals surface area contributed by atoms with Crippen molar-refractivity contribution in [1.29, 1.82) is 0 Å². The van der Waals surface area contributed by atoms with Crippen LogP contribution in [0.4, 0.5) is 8.78 Å². The van der Waals surface area contributed by atoms with Crippen LogP contribution < -0.4 is 0 Å². The fourth-order valence-electron chi connectivity index (χ4n) is 2.27. The molecular weight excluding hydrogens is 320 g/mol. The number of esters is 1. The van der Waals surface area contributed by atoms with E-state index >= 15 is 0 Å². The molecule has 1 heterocycles. The first kappa shape index (κ1) is 14.4. The molecule has 0 N–H and O–H groups in total. The fraction of sp³-hybridized carbons (Fsp3) is 0.462. The maximum atomic E-state index is 13.8. The van der Waals surface area contributed by atoms with E-state index in [1.807, 2.05) is 4.90 Å². The van der Waals surface area contributed by atoms with Gasteiger partial charge in [0.25, 0.3) is 0 Å². The number of rotatable bonds is 3. The van der Waals surface area contributed by atoms with Gasteiger partial charge in [0.1, 0.15) is 11.6 Å². The summed E-state index contributed by atoms with van der Waals surface area (Å²) in [6, 6.07) is 2.58. The van der Waals surface area contributed by atoms with Gasteiger partial charge in [-0.05, 0) is 41.0 Å². The summed E-state index contributed by atoms with van der Waals surface area (Å²) in [5, 5.41) is 0. The SMILES string of the molecule is COC(=O)C1CCN(Cc2c(F)ccc(Br)c2F)C1. The Bertz CT molecular complexity index is 496. The van der Waals surface area contributed by atoms with Crippen LogP contribution in [0, 0.1) is 17.6 Å². The molecule has 3 nitrogen and oxygen atoms in total. The molecule has 1 aliphatic heterocycles. The third kappa shape index (κ3) is 3.12. The summed E-state index contributed by atoms with van der Waals surface area (Å²) in [6.07, 6.45) is 0.657. The number of carbonyl (C=O) groups is 1. The second-order valence-electron chi connectivity index (χ2n) is 4.57. The highest BCUT2D eigenvalue weighted by Crippen LogP contribution is 2.25. The Balaban J connectivity index is 2.07. The minimum Gasteiger partial charge on any atom is -0.469 e. The standard InChI is InChI=1S/C13H14BrF2NO2/c1-19-13(18)8-4-5-17(6-8)7-9-11(15)3-2-10(14)12(9)16/h2-3,8H,4-7H2,1H3. The number of nitrogens with zero attached hydrogens (tertiary/aromatic N) is 1. The number of likely N-dealkylation sites (tertiary alicyclic amines) is 1. The van der Waals surface area contributed by atoms with Gasteiger partial charge >= 0.3 is 5.97 Å². The second-order valence-corrected chi connectivity index (χ2v) is 5.42. The van der Waals surface area contributed by atoms with Crippen LogP contribution in [0.1, 0.15) is 12.0 Å². The molecule has 0 saturated carbocycles. The van der Waals surface area contributed by atoms with Gasteiger partial charge in [0.2, 0.25) is 0 Å². The zero-order valence-corrected chi connectivity index (χ0v) is 12.0. The predicted molar refractivity (Wildman–Crippen MR) is 69.5 cm³/mol. The Morgan fingerprint density at radius 3 is 2.95 bits per heavy atom. The Morgan fingerprint density at radius 2 is 2.26 bits per heavy atom. The van der Waals surface area contributed by atoms with E-state index in [1.165, 1.54) is 19.2 Å². The first-order valence-corrected chi connectivity index (χ1v) is 6.74. The molecule has 6 heteroatoms. The van der Waals surface area contributed by atoms with Gasteiger partial charge in [0.05, 0.1) is 17.5 Å². The van der Waals surface area contributed by atoms with E-state index in [4.69, 9.17) is 0 Å².